The molecule has 0 saturated heterocycles. The van der Waals surface area contributed by atoms with E-state index < -0.39 is 0 Å². The molecule has 3 aromatic rings. The van der Waals surface area contributed by atoms with Gasteiger partial charge in [0.15, 0.2) is 0 Å². The molecule has 1 aromatic heterocycles. The van der Waals surface area contributed by atoms with Gasteiger partial charge in [-0.15, -0.1) is 0 Å². The van der Waals surface area contributed by atoms with Crippen LogP contribution in [-0.2, 0) is 13.0 Å². The lowest BCUT2D eigenvalue weighted by Crippen LogP contribution is -2.08. The molecule has 0 atom stereocenters. The van der Waals surface area contributed by atoms with Crippen molar-refractivity contribution in [3.63, 3.8) is 0 Å². The van der Waals surface area contributed by atoms with Gasteiger partial charge in [-0.1, -0.05) is 41.9 Å². The van der Waals surface area contributed by atoms with Gasteiger partial charge in [-0.05, 0) is 36.7 Å². The predicted octanol–water partition coefficient (Wildman–Crippen LogP) is 3.63. The maximum absolute atomic E-state index is 6.30. The van der Waals surface area contributed by atoms with Gasteiger partial charge in [0.25, 0.3) is 0 Å². The quantitative estimate of drug-likeness (QED) is 0.782. The number of nitrogens with zero attached hydrogens (tertiary/aromatic N) is 2. The van der Waals surface area contributed by atoms with E-state index in [1.165, 1.54) is 0 Å². The van der Waals surface area contributed by atoms with Crippen molar-refractivity contribution >= 4 is 22.6 Å². The standard InChI is InChI=1S/C17H18ClN3/c18-14-7-2-1-6-13(14)12-21-16-9-4-3-8-15(16)20-17(21)10-5-11-19/h1-4,6-9H,5,10-12,19H2. The highest BCUT2D eigenvalue weighted by Crippen LogP contribution is 2.22. The molecule has 21 heavy (non-hydrogen) atoms. The van der Waals surface area contributed by atoms with E-state index in [2.05, 4.69) is 16.7 Å². The number of nitrogens with two attached hydrogens (primary N) is 1. The van der Waals surface area contributed by atoms with Gasteiger partial charge in [0.1, 0.15) is 5.82 Å². The van der Waals surface area contributed by atoms with Crippen molar-refractivity contribution in [3.8, 4) is 0 Å². The minimum atomic E-state index is 0.676. The fourth-order valence-corrected chi connectivity index (χ4v) is 2.75. The number of aromatic nitrogens is 2. The second-order valence-electron chi connectivity index (χ2n) is 5.09. The lowest BCUT2D eigenvalue weighted by molar-refractivity contribution is 0.703. The highest BCUT2D eigenvalue weighted by Gasteiger charge is 2.11. The third-order valence-corrected chi connectivity index (χ3v) is 3.99. The average Bonchev–Trinajstić information content (AvgIpc) is 2.85. The first-order valence-electron chi connectivity index (χ1n) is 7.17. The zero-order valence-corrected chi connectivity index (χ0v) is 12.6. The fourth-order valence-electron chi connectivity index (χ4n) is 2.55. The van der Waals surface area contributed by atoms with E-state index in [9.17, 15) is 0 Å². The zero-order valence-electron chi connectivity index (χ0n) is 11.8. The third kappa shape index (κ3) is 2.94. The molecular weight excluding hydrogens is 282 g/mol. The minimum Gasteiger partial charge on any atom is -0.330 e. The van der Waals surface area contributed by atoms with Crippen LogP contribution in [0.4, 0.5) is 0 Å². The first kappa shape index (κ1) is 14.1. The van der Waals surface area contributed by atoms with Gasteiger partial charge in [0, 0.05) is 11.4 Å². The van der Waals surface area contributed by atoms with Crippen LogP contribution in [0.3, 0.4) is 0 Å². The number of rotatable bonds is 5. The second-order valence-corrected chi connectivity index (χ2v) is 5.49. The normalized spacial score (nSPS) is 11.1. The number of aryl methyl sites for hydroxylation is 1. The molecule has 0 bridgehead atoms. The summed E-state index contributed by atoms with van der Waals surface area (Å²) in [6, 6.07) is 16.2. The lowest BCUT2D eigenvalue weighted by Gasteiger charge is -2.10. The summed E-state index contributed by atoms with van der Waals surface area (Å²) < 4.78 is 2.24. The van der Waals surface area contributed by atoms with Gasteiger partial charge < -0.3 is 10.3 Å². The van der Waals surface area contributed by atoms with Gasteiger partial charge in [-0.3, -0.25) is 0 Å². The molecule has 0 fully saturated rings. The van der Waals surface area contributed by atoms with Crippen LogP contribution in [0.1, 0.15) is 17.8 Å². The van der Waals surface area contributed by atoms with Crippen LogP contribution in [0.2, 0.25) is 5.02 Å². The van der Waals surface area contributed by atoms with Crippen molar-refractivity contribution in [2.75, 3.05) is 6.54 Å². The van der Waals surface area contributed by atoms with E-state index in [0.29, 0.717) is 6.54 Å². The van der Waals surface area contributed by atoms with Gasteiger partial charge in [-0.2, -0.15) is 0 Å². The summed E-state index contributed by atoms with van der Waals surface area (Å²) in [4.78, 5) is 4.74. The van der Waals surface area contributed by atoms with Crippen LogP contribution in [0.25, 0.3) is 11.0 Å². The average molecular weight is 300 g/mol. The molecular formula is C17H18ClN3. The Bertz CT molecular complexity index is 749. The molecule has 0 aliphatic rings. The molecule has 0 saturated carbocycles. The van der Waals surface area contributed by atoms with Gasteiger partial charge >= 0.3 is 0 Å². The smallest absolute Gasteiger partial charge is 0.110 e. The van der Waals surface area contributed by atoms with Crippen molar-refractivity contribution in [2.24, 2.45) is 5.73 Å². The Kier molecular flexibility index (Phi) is 4.23. The number of imidazole rings is 1. The molecule has 0 aliphatic heterocycles. The highest BCUT2D eigenvalue weighted by molar-refractivity contribution is 6.31. The number of para-hydroxylation sites is 2. The summed E-state index contributed by atoms with van der Waals surface area (Å²) in [5.74, 6) is 1.07. The minimum absolute atomic E-state index is 0.676. The summed E-state index contributed by atoms with van der Waals surface area (Å²) in [5, 5.41) is 0.792. The van der Waals surface area contributed by atoms with Crippen molar-refractivity contribution in [1.29, 1.82) is 0 Å². The highest BCUT2D eigenvalue weighted by atomic mass is 35.5. The van der Waals surface area contributed by atoms with Crippen LogP contribution in [0.15, 0.2) is 48.5 Å². The largest absolute Gasteiger partial charge is 0.330 e. The van der Waals surface area contributed by atoms with Crippen LogP contribution in [-0.4, -0.2) is 16.1 Å². The maximum atomic E-state index is 6.30. The first-order chi connectivity index (χ1) is 10.3. The molecule has 3 nitrogen and oxygen atoms in total. The van der Waals surface area contributed by atoms with E-state index in [1.807, 2.05) is 36.4 Å². The lowest BCUT2D eigenvalue weighted by atomic mass is 10.2. The first-order valence-corrected chi connectivity index (χ1v) is 7.55. The SMILES string of the molecule is NCCCc1nc2ccccc2n1Cc1ccccc1Cl. The van der Waals surface area contributed by atoms with E-state index in [-0.39, 0.29) is 0 Å². The van der Waals surface area contributed by atoms with E-state index in [4.69, 9.17) is 22.3 Å². The van der Waals surface area contributed by atoms with Crippen LogP contribution < -0.4 is 5.73 Å². The Morgan fingerprint density at radius 1 is 1.05 bits per heavy atom. The molecule has 0 aliphatic carbocycles. The van der Waals surface area contributed by atoms with Gasteiger partial charge in [0.2, 0.25) is 0 Å². The van der Waals surface area contributed by atoms with E-state index >= 15 is 0 Å². The maximum Gasteiger partial charge on any atom is 0.110 e. The topological polar surface area (TPSA) is 43.8 Å². The van der Waals surface area contributed by atoms with Crippen LogP contribution in [0, 0.1) is 0 Å². The summed E-state index contributed by atoms with van der Waals surface area (Å²) in [5.41, 5.74) is 8.91. The van der Waals surface area contributed by atoms with Crippen molar-refractivity contribution < 1.29 is 0 Å². The van der Waals surface area contributed by atoms with Crippen molar-refractivity contribution in [1.82, 2.24) is 9.55 Å². The molecule has 2 N–H and O–H groups in total. The van der Waals surface area contributed by atoms with E-state index in [1.54, 1.807) is 0 Å². The summed E-state index contributed by atoms with van der Waals surface area (Å²) in [6.45, 7) is 1.41. The molecule has 1 heterocycles. The molecule has 0 unspecified atom stereocenters. The Labute approximate surface area is 129 Å². The molecule has 2 aromatic carbocycles. The van der Waals surface area contributed by atoms with Gasteiger partial charge in [-0.25, -0.2) is 4.98 Å². The number of halogens is 1. The van der Waals surface area contributed by atoms with Gasteiger partial charge in [0.05, 0.1) is 17.6 Å². The molecule has 0 amide bonds. The fraction of sp³-hybridized carbons (Fsp3) is 0.235. The number of hydrogen-bond acceptors (Lipinski definition) is 2. The zero-order chi connectivity index (χ0) is 14.7. The molecule has 0 spiro atoms. The monoisotopic (exact) mass is 299 g/mol. The van der Waals surface area contributed by atoms with Crippen molar-refractivity contribution in [3.05, 3.63) is 64.9 Å². The third-order valence-electron chi connectivity index (χ3n) is 3.62. The summed E-state index contributed by atoms with van der Waals surface area (Å²) >= 11 is 6.30. The summed E-state index contributed by atoms with van der Waals surface area (Å²) in [7, 11) is 0. The molecule has 108 valence electrons. The second kappa shape index (κ2) is 6.29. The number of benzene rings is 2. The Morgan fingerprint density at radius 2 is 1.81 bits per heavy atom. The predicted molar refractivity (Wildman–Crippen MR) is 87.7 cm³/mol. The molecule has 0 radical (unpaired) electrons. The Morgan fingerprint density at radius 3 is 2.62 bits per heavy atom. The molecule has 4 heteroatoms. The van der Waals surface area contributed by atoms with Crippen molar-refractivity contribution in [2.45, 2.75) is 19.4 Å². The van der Waals surface area contributed by atoms with Crippen LogP contribution in [0.5, 0.6) is 0 Å². The number of fused-ring (bicyclic) bond motifs is 1. The van der Waals surface area contributed by atoms with E-state index in [0.717, 1.165) is 46.8 Å². The summed E-state index contributed by atoms with van der Waals surface area (Å²) in [6.07, 6.45) is 1.82. The number of hydrogen-bond donors (Lipinski definition) is 1. The Hall–Kier alpha value is -1.84. The van der Waals surface area contributed by atoms with Crippen LogP contribution >= 0.6 is 11.6 Å². The Balaban J connectivity index is 2.04. The molecule has 3 rings (SSSR count).